The fraction of sp³-hybridized carbons (Fsp3) is 0.182. The Kier molecular flexibility index (Phi) is 4.83. The minimum atomic E-state index is -3.08. The van der Waals surface area contributed by atoms with Crippen LogP contribution in [0.25, 0.3) is 22.7 Å². The van der Waals surface area contributed by atoms with Crippen LogP contribution in [-0.2, 0) is 6.42 Å². The molecule has 0 radical (unpaired) electrons. The monoisotopic (exact) mass is 481 g/mol. The molecule has 176 valence electrons. The number of hydrogen-bond acceptors (Lipinski definition) is 8. The summed E-state index contributed by atoms with van der Waals surface area (Å²) in [5.74, 6) is -2.16. The molecule has 0 aliphatic carbocycles. The van der Waals surface area contributed by atoms with E-state index in [4.69, 9.17) is 8.83 Å². The van der Waals surface area contributed by atoms with Crippen LogP contribution in [0.3, 0.4) is 0 Å². The lowest BCUT2D eigenvalue weighted by molar-refractivity contribution is 0.0621. The van der Waals surface area contributed by atoms with Gasteiger partial charge < -0.3 is 18.7 Å². The summed E-state index contributed by atoms with van der Waals surface area (Å²) in [6.07, 6.45) is 1.36. The van der Waals surface area contributed by atoms with Crippen LogP contribution in [0.1, 0.15) is 46.0 Å². The lowest BCUT2D eigenvalue weighted by atomic mass is 10.0. The Morgan fingerprint density at radius 1 is 1.17 bits per heavy atom. The molecule has 0 unspecified atom stereocenters. The number of benzene rings is 1. The van der Waals surface area contributed by atoms with Gasteiger partial charge in [0, 0.05) is 30.9 Å². The number of halogens is 3. The third-order valence-corrected chi connectivity index (χ3v) is 5.64. The molecule has 1 aliphatic heterocycles. The molecule has 0 fully saturated rings. The highest BCUT2D eigenvalue weighted by Gasteiger charge is 2.41. The van der Waals surface area contributed by atoms with E-state index in [0.717, 1.165) is 5.69 Å². The number of alkyl halides is 2. The van der Waals surface area contributed by atoms with Crippen molar-refractivity contribution in [3.8, 4) is 11.6 Å². The van der Waals surface area contributed by atoms with Crippen molar-refractivity contribution in [3.63, 3.8) is 0 Å². The minimum Gasteiger partial charge on any atom is -0.438 e. The average molecular weight is 481 g/mol. The number of oxazole rings is 2. The highest BCUT2D eigenvalue weighted by Crippen LogP contribution is 2.37. The van der Waals surface area contributed by atoms with Crippen LogP contribution in [0.4, 0.5) is 13.2 Å². The average Bonchev–Trinajstić information content (AvgIpc) is 3.61. The first kappa shape index (κ1) is 21.0. The van der Waals surface area contributed by atoms with Gasteiger partial charge in [0.2, 0.25) is 17.5 Å². The molecular weight excluding hydrogens is 467 g/mol. The Hall–Kier alpha value is -4.55. The maximum absolute atomic E-state index is 13.9. The molecule has 1 atom stereocenters. The fourth-order valence-electron chi connectivity index (χ4n) is 4.07. The fourth-order valence-corrected chi connectivity index (χ4v) is 4.07. The number of hydrogen-bond donors (Lipinski definition) is 1. The Bertz CT molecular complexity index is 1550. The van der Waals surface area contributed by atoms with Gasteiger partial charge in [-0.05, 0) is 18.2 Å². The second-order valence-corrected chi connectivity index (χ2v) is 7.71. The maximum atomic E-state index is 13.9. The van der Waals surface area contributed by atoms with Crippen molar-refractivity contribution >= 4 is 17.0 Å². The predicted molar refractivity (Wildman–Crippen MR) is 112 cm³/mol. The zero-order valence-electron chi connectivity index (χ0n) is 17.7. The molecule has 0 saturated carbocycles. The van der Waals surface area contributed by atoms with Gasteiger partial charge in [-0.25, -0.2) is 38.1 Å². The van der Waals surface area contributed by atoms with E-state index in [-0.39, 0.29) is 29.5 Å². The molecule has 13 heteroatoms. The predicted octanol–water partition coefficient (Wildman–Crippen LogP) is 3.86. The summed E-state index contributed by atoms with van der Waals surface area (Å²) >= 11 is 0. The van der Waals surface area contributed by atoms with Crippen LogP contribution in [0.5, 0.6) is 0 Å². The number of carbonyl (C=O) groups excluding carboxylic acids is 1. The lowest BCUT2D eigenvalue weighted by Gasteiger charge is -2.32. The van der Waals surface area contributed by atoms with Gasteiger partial charge in [-0.2, -0.15) is 0 Å². The summed E-state index contributed by atoms with van der Waals surface area (Å²) in [6, 6.07) is 4.29. The summed E-state index contributed by atoms with van der Waals surface area (Å²) < 4.78 is 52.8. The minimum absolute atomic E-state index is 0.0566. The van der Waals surface area contributed by atoms with Crippen molar-refractivity contribution < 1.29 is 26.8 Å². The van der Waals surface area contributed by atoms with Gasteiger partial charge in [-0.15, -0.1) is 0 Å². The first-order valence-electron chi connectivity index (χ1n) is 10.4. The summed E-state index contributed by atoms with van der Waals surface area (Å²) in [4.78, 5) is 38.1. The molecule has 35 heavy (non-hydrogen) atoms. The molecular formula is C22H14F3N7O3. The zero-order chi connectivity index (χ0) is 24.1. The Labute approximate surface area is 193 Å². The van der Waals surface area contributed by atoms with Crippen LogP contribution >= 0.6 is 0 Å². The van der Waals surface area contributed by atoms with E-state index < -0.39 is 35.6 Å². The molecule has 1 aromatic carbocycles. The SMILES string of the molecule is O=C(c1oc(-c2ccncn2)nc1C(F)F)N1CCc2[nH]cnc2[C@H]1c1nc2cc(F)ccc2o1. The molecule has 6 rings (SSSR count). The number of fused-ring (bicyclic) bond motifs is 2. The smallest absolute Gasteiger partial charge is 0.292 e. The number of aromatic nitrogens is 6. The van der Waals surface area contributed by atoms with Crippen molar-refractivity contribution in [3.05, 3.63) is 77.7 Å². The van der Waals surface area contributed by atoms with Gasteiger partial charge in [0.25, 0.3) is 12.3 Å². The van der Waals surface area contributed by atoms with Crippen LogP contribution in [-0.4, -0.2) is 47.3 Å². The van der Waals surface area contributed by atoms with E-state index in [1.807, 2.05) is 0 Å². The van der Waals surface area contributed by atoms with Crippen molar-refractivity contribution in [1.29, 1.82) is 0 Å². The molecule has 0 bridgehead atoms. The maximum Gasteiger partial charge on any atom is 0.292 e. The van der Waals surface area contributed by atoms with Crippen molar-refractivity contribution in [2.24, 2.45) is 0 Å². The largest absolute Gasteiger partial charge is 0.438 e. The van der Waals surface area contributed by atoms with E-state index >= 15 is 0 Å². The molecule has 0 saturated heterocycles. The zero-order valence-corrected chi connectivity index (χ0v) is 17.7. The molecule has 10 nitrogen and oxygen atoms in total. The molecule has 5 heterocycles. The van der Waals surface area contributed by atoms with Gasteiger partial charge in [0.05, 0.1) is 12.0 Å². The van der Waals surface area contributed by atoms with E-state index in [9.17, 15) is 18.0 Å². The first-order valence-corrected chi connectivity index (χ1v) is 10.4. The Balaban J connectivity index is 1.45. The van der Waals surface area contributed by atoms with E-state index in [2.05, 4.69) is 29.9 Å². The van der Waals surface area contributed by atoms with Crippen LogP contribution in [0.2, 0.25) is 0 Å². The quantitative estimate of drug-likeness (QED) is 0.410. The molecule has 0 spiro atoms. The molecule has 4 aromatic heterocycles. The third-order valence-electron chi connectivity index (χ3n) is 5.64. The standard InChI is InChI=1S/C22H14F3N7O3/c23-10-1-2-14-13(7-10)30-21(34-14)17-15-11(28-9-29-15)4-6-32(17)22(33)18-16(19(24)25)31-20(35-18)12-3-5-26-8-27-12/h1-3,5,7-9,17,19H,4,6H2,(H,28,29)/t17-/m0/s1. The summed E-state index contributed by atoms with van der Waals surface area (Å²) in [5, 5.41) is 0. The van der Waals surface area contributed by atoms with Crippen LogP contribution in [0, 0.1) is 5.82 Å². The highest BCUT2D eigenvalue weighted by molar-refractivity contribution is 5.93. The van der Waals surface area contributed by atoms with Gasteiger partial charge in [0.1, 0.15) is 23.4 Å². The number of amides is 1. The van der Waals surface area contributed by atoms with Crippen LogP contribution < -0.4 is 0 Å². The van der Waals surface area contributed by atoms with Gasteiger partial charge in [-0.1, -0.05) is 0 Å². The van der Waals surface area contributed by atoms with Crippen molar-refractivity contribution in [2.45, 2.75) is 18.9 Å². The third kappa shape index (κ3) is 3.52. The van der Waals surface area contributed by atoms with Crippen LogP contribution in [0.15, 0.2) is 52.0 Å². The number of nitrogens with zero attached hydrogens (tertiary/aromatic N) is 6. The molecule has 1 N–H and O–H groups in total. The number of nitrogens with one attached hydrogen (secondary N) is 1. The van der Waals surface area contributed by atoms with Gasteiger partial charge in [-0.3, -0.25) is 4.79 Å². The molecule has 1 aliphatic rings. The summed E-state index contributed by atoms with van der Waals surface area (Å²) in [7, 11) is 0. The highest BCUT2D eigenvalue weighted by atomic mass is 19.3. The molecule has 5 aromatic rings. The Morgan fingerprint density at radius 3 is 2.86 bits per heavy atom. The van der Waals surface area contributed by atoms with Gasteiger partial charge >= 0.3 is 0 Å². The topological polar surface area (TPSA) is 127 Å². The number of carbonyl (C=O) groups is 1. The normalized spacial score (nSPS) is 15.7. The number of rotatable bonds is 4. The lowest BCUT2D eigenvalue weighted by Crippen LogP contribution is -2.41. The first-order chi connectivity index (χ1) is 17.0. The summed E-state index contributed by atoms with van der Waals surface area (Å²) in [5.41, 5.74) is 1.05. The van der Waals surface area contributed by atoms with Crippen molar-refractivity contribution in [2.75, 3.05) is 6.54 Å². The van der Waals surface area contributed by atoms with Crippen molar-refractivity contribution in [1.82, 2.24) is 34.8 Å². The number of aromatic amines is 1. The van der Waals surface area contributed by atoms with E-state index in [1.54, 1.807) is 0 Å². The number of H-pyrrole nitrogens is 1. The number of imidazole rings is 1. The van der Waals surface area contributed by atoms with E-state index in [1.165, 1.54) is 48.0 Å². The van der Waals surface area contributed by atoms with Gasteiger partial charge in [0.15, 0.2) is 17.3 Å². The van der Waals surface area contributed by atoms with E-state index in [0.29, 0.717) is 17.7 Å². The summed E-state index contributed by atoms with van der Waals surface area (Å²) in [6.45, 7) is 0.123. The second-order valence-electron chi connectivity index (χ2n) is 7.71. The molecule has 1 amide bonds. The Morgan fingerprint density at radius 2 is 2.06 bits per heavy atom. The second kappa shape index (κ2) is 8.04.